The fraction of sp³-hybridized carbons (Fsp3) is 0.882. The van der Waals surface area contributed by atoms with Gasteiger partial charge in [-0.3, -0.25) is 9.59 Å². The van der Waals surface area contributed by atoms with Gasteiger partial charge in [0.1, 0.15) is 0 Å². The van der Waals surface area contributed by atoms with Crippen molar-refractivity contribution in [1.82, 2.24) is 5.32 Å². The van der Waals surface area contributed by atoms with Crippen molar-refractivity contribution in [3.63, 3.8) is 0 Å². The summed E-state index contributed by atoms with van der Waals surface area (Å²) < 4.78 is 0. The van der Waals surface area contributed by atoms with E-state index in [9.17, 15) is 9.59 Å². The summed E-state index contributed by atoms with van der Waals surface area (Å²) >= 11 is 4.07. The summed E-state index contributed by atoms with van der Waals surface area (Å²) in [6.45, 7) is 0.711. The number of thiol groups is 1. The highest BCUT2D eigenvalue weighted by Gasteiger charge is 2.10. The molecular weight excluding hydrogens is 312 g/mol. The van der Waals surface area contributed by atoms with E-state index < -0.39 is 12.0 Å². The zero-order chi connectivity index (χ0) is 17.3. The third kappa shape index (κ3) is 15.9. The fourth-order valence-electron chi connectivity index (χ4n) is 2.43. The highest BCUT2D eigenvalue weighted by Crippen LogP contribution is 2.11. The van der Waals surface area contributed by atoms with Crippen molar-refractivity contribution in [2.45, 2.75) is 83.1 Å². The fourth-order valence-corrected chi connectivity index (χ4v) is 2.71. The molecule has 0 rings (SSSR count). The standard InChI is InChI=1S/C17H34N2O3S/c18-15(12-14-23)17(22)19-13-10-8-6-4-2-1-3-5-7-9-11-16(20)21/h15,23H,1-14,18H2,(H,19,22)(H,20,21). The average molecular weight is 347 g/mol. The molecule has 0 spiro atoms. The van der Waals surface area contributed by atoms with Gasteiger partial charge in [0, 0.05) is 13.0 Å². The molecule has 0 saturated carbocycles. The van der Waals surface area contributed by atoms with Gasteiger partial charge in [-0.2, -0.15) is 12.6 Å². The molecule has 1 amide bonds. The number of amides is 1. The zero-order valence-corrected chi connectivity index (χ0v) is 15.2. The second-order valence-corrected chi connectivity index (χ2v) is 6.54. The van der Waals surface area contributed by atoms with E-state index in [-0.39, 0.29) is 5.91 Å². The number of rotatable bonds is 16. The minimum atomic E-state index is -0.690. The molecule has 0 bridgehead atoms. The Balaban J connectivity index is 3.19. The molecule has 0 radical (unpaired) electrons. The summed E-state index contributed by atoms with van der Waals surface area (Å²) in [6.07, 6.45) is 12.2. The van der Waals surface area contributed by atoms with Gasteiger partial charge in [0.05, 0.1) is 6.04 Å². The first-order valence-corrected chi connectivity index (χ1v) is 9.57. The first kappa shape index (κ1) is 22.2. The summed E-state index contributed by atoms with van der Waals surface area (Å²) in [5.41, 5.74) is 5.69. The lowest BCUT2D eigenvalue weighted by Crippen LogP contribution is -2.41. The van der Waals surface area contributed by atoms with Crippen LogP contribution in [0.3, 0.4) is 0 Å². The third-order valence-corrected chi connectivity index (χ3v) is 4.15. The Morgan fingerprint density at radius 3 is 1.87 bits per heavy atom. The highest BCUT2D eigenvalue weighted by molar-refractivity contribution is 7.80. The first-order valence-electron chi connectivity index (χ1n) is 8.94. The molecule has 0 saturated heterocycles. The summed E-state index contributed by atoms with van der Waals surface area (Å²) in [7, 11) is 0. The Hall–Kier alpha value is -0.750. The third-order valence-electron chi connectivity index (χ3n) is 3.89. The molecule has 0 aromatic rings. The van der Waals surface area contributed by atoms with Crippen molar-refractivity contribution < 1.29 is 14.7 Å². The van der Waals surface area contributed by atoms with Gasteiger partial charge in [0.25, 0.3) is 0 Å². The van der Waals surface area contributed by atoms with Gasteiger partial charge in [-0.25, -0.2) is 0 Å². The van der Waals surface area contributed by atoms with E-state index in [1.807, 2.05) is 0 Å². The predicted molar refractivity (Wildman–Crippen MR) is 97.9 cm³/mol. The number of carboxylic acids is 1. The maximum Gasteiger partial charge on any atom is 0.303 e. The summed E-state index contributed by atoms with van der Waals surface area (Å²) in [5, 5.41) is 11.4. The number of hydrogen-bond acceptors (Lipinski definition) is 4. The number of carbonyl (C=O) groups excluding carboxylic acids is 1. The lowest BCUT2D eigenvalue weighted by atomic mass is 10.1. The first-order chi connectivity index (χ1) is 11.1. The average Bonchev–Trinajstić information content (AvgIpc) is 2.51. The minimum Gasteiger partial charge on any atom is -0.481 e. The zero-order valence-electron chi connectivity index (χ0n) is 14.3. The van der Waals surface area contributed by atoms with Crippen molar-refractivity contribution >= 4 is 24.5 Å². The van der Waals surface area contributed by atoms with Crippen molar-refractivity contribution in [2.24, 2.45) is 5.73 Å². The number of nitrogens with two attached hydrogens (primary N) is 1. The van der Waals surface area contributed by atoms with Crippen LogP contribution in [0.5, 0.6) is 0 Å². The Morgan fingerprint density at radius 1 is 0.913 bits per heavy atom. The molecule has 0 aromatic heterocycles. The Bertz CT molecular complexity index is 314. The van der Waals surface area contributed by atoms with Gasteiger partial charge in [-0.05, 0) is 25.0 Å². The Morgan fingerprint density at radius 2 is 1.39 bits per heavy atom. The smallest absolute Gasteiger partial charge is 0.303 e. The Labute approximate surface area is 146 Å². The molecule has 136 valence electrons. The van der Waals surface area contributed by atoms with Crippen LogP contribution in [0.25, 0.3) is 0 Å². The molecule has 1 unspecified atom stereocenters. The highest BCUT2D eigenvalue weighted by atomic mass is 32.1. The van der Waals surface area contributed by atoms with E-state index in [1.54, 1.807) is 0 Å². The van der Waals surface area contributed by atoms with Crippen LogP contribution >= 0.6 is 12.6 Å². The van der Waals surface area contributed by atoms with Crippen LogP contribution in [0.2, 0.25) is 0 Å². The largest absolute Gasteiger partial charge is 0.481 e. The molecule has 1 atom stereocenters. The van der Waals surface area contributed by atoms with Gasteiger partial charge in [-0.15, -0.1) is 0 Å². The van der Waals surface area contributed by atoms with Crippen LogP contribution in [-0.2, 0) is 9.59 Å². The summed E-state index contributed by atoms with van der Waals surface area (Å²) in [5.74, 6) is -0.124. The molecule has 0 aliphatic carbocycles. The van der Waals surface area contributed by atoms with Gasteiger partial charge >= 0.3 is 5.97 Å². The van der Waals surface area contributed by atoms with Gasteiger partial charge in [0.15, 0.2) is 0 Å². The maximum absolute atomic E-state index is 11.5. The number of carbonyl (C=O) groups is 2. The number of hydrogen-bond donors (Lipinski definition) is 4. The van der Waals surface area contributed by atoms with Crippen LogP contribution in [0, 0.1) is 0 Å². The summed E-state index contributed by atoms with van der Waals surface area (Å²) in [6, 6.07) is -0.428. The summed E-state index contributed by atoms with van der Waals surface area (Å²) in [4.78, 5) is 21.9. The second kappa shape index (κ2) is 16.1. The molecule has 0 aromatic carbocycles. The normalized spacial score (nSPS) is 12.1. The second-order valence-electron chi connectivity index (χ2n) is 6.09. The van der Waals surface area contributed by atoms with Crippen LogP contribution in [-0.4, -0.2) is 35.3 Å². The van der Waals surface area contributed by atoms with Gasteiger partial charge in [0.2, 0.25) is 5.91 Å². The van der Waals surface area contributed by atoms with E-state index in [0.717, 1.165) is 32.1 Å². The van der Waals surface area contributed by atoms with Crippen molar-refractivity contribution in [3.05, 3.63) is 0 Å². The lowest BCUT2D eigenvalue weighted by molar-refractivity contribution is -0.137. The van der Waals surface area contributed by atoms with E-state index in [1.165, 1.54) is 32.1 Å². The predicted octanol–water partition coefficient (Wildman–Crippen LogP) is 3.13. The van der Waals surface area contributed by atoms with E-state index in [4.69, 9.17) is 10.8 Å². The maximum atomic E-state index is 11.5. The molecule has 5 nitrogen and oxygen atoms in total. The quantitative estimate of drug-likeness (QED) is 0.255. The SMILES string of the molecule is NC(CCS)C(=O)NCCCCCCCCCCCCC(=O)O. The van der Waals surface area contributed by atoms with Crippen LogP contribution in [0.4, 0.5) is 0 Å². The minimum absolute atomic E-state index is 0.0676. The van der Waals surface area contributed by atoms with E-state index in [0.29, 0.717) is 25.1 Å². The number of aliphatic carboxylic acids is 1. The molecule has 0 fully saturated rings. The van der Waals surface area contributed by atoms with Crippen LogP contribution in [0.15, 0.2) is 0 Å². The van der Waals surface area contributed by atoms with Gasteiger partial charge in [-0.1, -0.05) is 51.4 Å². The Kier molecular flexibility index (Phi) is 15.6. The molecule has 0 heterocycles. The molecule has 0 aliphatic rings. The van der Waals surface area contributed by atoms with Crippen molar-refractivity contribution in [1.29, 1.82) is 0 Å². The number of carboxylic acid groups (broad SMARTS) is 1. The van der Waals surface area contributed by atoms with E-state index >= 15 is 0 Å². The number of unbranched alkanes of at least 4 members (excludes halogenated alkanes) is 9. The monoisotopic (exact) mass is 346 g/mol. The van der Waals surface area contributed by atoms with Crippen molar-refractivity contribution in [3.8, 4) is 0 Å². The number of nitrogens with one attached hydrogen (secondary N) is 1. The molecule has 4 N–H and O–H groups in total. The molecule has 6 heteroatoms. The van der Waals surface area contributed by atoms with Gasteiger partial charge < -0.3 is 16.2 Å². The van der Waals surface area contributed by atoms with E-state index in [2.05, 4.69) is 17.9 Å². The molecular formula is C17H34N2O3S. The van der Waals surface area contributed by atoms with Crippen LogP contribution < -0.4 is 11.1 Å². The molecule has 0 aliphatic heterocycles. The van der Waals surface area contributed by atoms with Crippen molar-refractivity contribution in [2.75, 3.05) is 12.3 Å². The van der Waals surface area contributed by atoms with Crippen LogP contribution in [0.1, 0.15) is 77.0 Å². The topological polar surface area (TPSA) is 92.4 Å². The molecule has 23 heavy (non-hydrogen) atoms. The lowest BCUT2D eigenvalue weighted by Gasteiger charge is -2.10.